The molecule has 0 aliphatic carbocycles. The van der Waals surface area contributed by atoms with Gasteiger partial charge in [0.05, 0.1) is 10.9 Å². The minimum absolute atomic E-state index is 0.195. The van der Waals surface area contributed by atoms with Crippen LogP contribution in [0.1, 0.15) is 38.3 Å². The second kappa shape index (κ2) is 10.4. The Labute approximate surface area is 241 Å². The molecule has 1 atom stereocenters. The number of carbonyl (C=O) groups is 1. The van der Waals surface area contributed by atoms with Crippen molar-refractivity contribution in [3.05, 3.63) is 84.3 Å². The van der Waals surface area contributed by atoms with Gasteiger partial charge in [0.25, 0.3) is 0 Å². The van der Waals surface area contributed by atoms with Gasteiger partial charge in [-0.1, -0.05) is 26.8 Å². The number of hydrogen-bond acceptors (Lipinski definition) is 7. The zero-order valence-corrected chi connectivity index (χ0v) is 23.7. The van der Waals surface area contributed by atoms with Gasteiger partial charge in [-0.05, 0) is 66.3 Å². The number of hydrogen-bond donors (Lipinski definition) is 2. The minimum Gasteiger partial charge on any atom is -0.465 e. The number of nitrogens with one attached hydrogen (secondary N) is 1. The average molecular weight is 568 g/mol. The smallest absolute Gasteiger partial charge is 0.407 e. The lowest BCUT2D eigenvalue weighted by atomic mass is 9.79. The average Bonchev–Trinajstić information content (AvgIpc) is 3.42. The highest BCUT2D eigenvalue weighted by molar-refractivity contribution is 5.94. The number of halogens is 1. The van der Waals surface area contributed by atoms with Gasteiger partial charge in [-0.2, -0.15) is 5.10 Å². The second-order valence-corrected chi connectivity index (χ2v) is 11.4. The molecule has 2 aromatic carbocycles. The number of carboxylic acid groups (broad SMARTS) is 1. The molecule has 11 heteroatoms. The van der Waals surface area contributed by atoms with Gasteiger partial charge in [0, 0.05) is 36.1 Å². The summed E-state index contributed by atoms with van der Waals surface area (Å²) in [6.07, 6.45) is 5.87. The number of fused-ring (bicyclic) bond motifs is 2. The van der Waals surface area contributed by atoms with E-state index in [-0.39, 0.29) is 23.4 Å². The predicted octanol–water partition coefficient (Wildman–Crippen LogP) is 6.84. The largest absolute Gasteiger partial charge is 0.465 e. The topological polar surface area (TPSA) is 118 Å². The van der Waals surface area contributed by atoms with Crippen LogP contribution in [0.5, 0.6) is 11.5 Å². The third-order valence-corrected chi connectivity index (χ3v) is 7.57. The van der Waals surface area contributed by atoms with Crippen LogP contribution in [0, 0.1) is 18.2 Å². The number of aromatic nitrogens is 5. The Balaban J connectivity index is 1.29. The van der Waals surface area contributed by atoms with Crippen molar-refractivity contribution in [1.29, 1.82) is 0 Å². The minimum atomic E-state index is -0.979. The van der Waals surface area contributed by atoms with Crippen molar-refractivity contribution >= 4 is 39.7 Å². The SMILES string of the molecule is Cc1cc(Nc2ncnc3ccc(C4=CCN(C(=O)O)C(C(C)(C)C)C4)c(F)c23)ccc1Oc1ccn2ncnc2c1. The van der Waals surface area contributed by atoms with Crippen molar-refractivity contribution < 1.29 is 19.0 Å². The van der Waals surface area contributed by atoms with Gasteiger partial charge in [0.1, 0.15) is 35.8 Å². The van der Waals surface area contributed by atoms with Gasteiger partial charge >= 0.3 is 6.09 Å². The lowest BCUT2D eigenvalue weighted by Gasteiger charge is -2.41. The van der Waals surface area contributed by atoms with E-state index in [1.54, 1.807) is 35.0 Å². The number of anilines is 2. The number of pyridine rings is 1. The van der Waals surface area contributed by atoms with E-state index in [0.29, 0.717) is 46.2 Å². The molecular formula is C31H30FN7O3. The van der Waals surface area contributed by atoms with E-state index in [2.05, 4.69) is 25.4 Å². The van der Waals surface area contributed by atoms with E-state index in [9.17, 15) is 9.90 Å². The molecule has 0 saturated carbocycles. The predicted molar refractivity (Wildman–Crippen MR) is 158 cm³/mol. The number of amides is 1. The molecule has 6 rings (SSSR count). The van der Waals surface area contributed by atoms with Crippen LogP contribution in [-0.2, 0) is 0 Å². The first-order valence-electron chi connectivity index (χ1n) is 13.6. The monoisotopic (exact) mass is 567 g/mol. The highest BCUT2D eigenvalue weighted by atomic mass is 19.1. The summed E-state index contributed by atoms with van der Waals surface area (Å²) in [5.74, 6) is 1.19. The van der Waals surface area contributed by atoms with Crippen molar-refractivity contribution in [3.8, 4) is 11.5 Å². The summed E-state index contributed by atoms with van der Waals surface area (Å²) < 4.78 is 24.0. The lowest BCUT2D eigenvalue weighted by molar-refractivity contribution is 0.0884. The van der Waals surface area contributed by atoms with Crippen molar-refractivity contribution in [1.82, 2.24) is 29.5 Å². The molecule has 1 aliphatic heterocycles. The quantitative estimate of drug-likeness (QED) is 0.237. The fourth-order valence-electron chi connectivity index (χ4n) is 5.36. The fourth-order valence-corrected chi connectivity index (χ4v) is 5.36. The van der Waals surface area contributed by atoms with E-state index in [1.807, 2.05) is 52.0 Å². The standard InChI is InChI=1S/C31H30FN7O3/c1-18-13-20(5-8-24(18)42-21-10-12-39-26(15-21)34-17-36-39)37-29-27-23(33-16-35-29)7-6-22(28(27)32)19-9-11-38(30(40)41)25(14-19)31(2,3)4/h5-10,12-13,15-17,25H,11,14H2,1-4H3,(H,40,41)(H,33,35,37). The molecule has 2 N–H and O–H groups in total. The Hall–Kier alpha value is -5.06. The zero-order chi connectivity index (χ0) is 29.6. The Morgan fingerprint density at radius 2 is 1.93 bits per heavy atom. The van der Waals surface area contributed by atoms with Crippen LogP contribution in [0.4, 0.5) is 20.7 Å². The number of rotatable bonds is 5. The Kier molecular flexibility index (Phi) is 6.72. The van der Waals surface area contributed by atoms with Crippen LogP contribution < -0.4 is 10.1 Å². The van der Waals surface area contributed by atoms with Crippen molar-refractivity contribution in [2.75, 3.05) is 11.9 Å². The molecule has 1 aliphatic rings. The molecule has 0 saturated heterocycles. The molecule has 0 spiro atoms. The summed E-state index contributed by atoms with van der Waals surface area (Å²) in [7, 11) is 0. The van der Waals surface area contributed by atoms with E-state index >= 15 is 4.39 Å². The van der Waals surface area contributed by atoms with Gasteiger partial charge in [-0.3, -0.25) is 0 Å². The van der Waals surface area contributed by atoms with Crippen LogP contribution in [0.3, 0.4) is 0 Å². The molecule has 1 unspecified atom stereocenters. The first-order valence-corrected chi connectivity index (χ1v) is 13.6. The number of benzene rings is 2. The Morgan fingerprint density at radius 1 is 1.10 bits per heavy atom. The third-order valence-electron chi connectivity index (χ3n) is 7.57. The van der Waals surface area contributed by atoms with Gasteiger partial charge in [0.15, 0.2) is 5.65 Å². The summed E-state index contributed by atoms with van der Waals surface area (Å²) >= 11 is 0. The molecule has 3 aromatic heterocycles. The molecule has 0 bridgehead atoms. The van der Waals surface area contributed by atoms with Crippen molar-refractivity contribution in [3.63, 3.8) is 0 Å². The van der Waals surface area contributed by atoms with Gasteiger partial charge in [-0.25, -0.2) is 28.7 Å². The maximum atomic E-state index is 16.2. The first-order chi connectivity index (χ1) is 20.1. The Bertz CT molecular complexity index is 1860. The van der Waals surface area contributed by atoms with Crippen molar-refractivity contribution in [2.24, 2.45) is 5.41 Å². The highest BCUT2D eigenvalue weighted by Crippen LogP contribution is 2.39. The maximum Gasteiger partial charge on any atom is 0.407 e. The van der Waals surface area contributed by atoms with E-state index in [4.69, 9.17) is 4.74 Å². The highest BCUT2D eigenvalue weighted by Gasteiger charge is 2.36. The van der Waals surface area contributed by atoms with Crippen LogP contribution >= 0.6 is 0 Å². The van der Waals surface area contributed by atoms with Crippen LogP contribution in [0.15, 0.2) is 67.4 Å². The molecule has 42 heavy (non-hydrogen) atoms. The molecule has 214 valence electrons. The third kappa shape index (κ3) is 5.09. The van der Waals surface area contributed by atoms with Crippen molar-refractivity contribution in [2.45, 2.75) is 40.2 Å². The summed E-state index contributed by atoms with van der Waals surface area (Å²) in [5.41, 5.74) is 3.58. The molecule has 0 radical (unpaired) electrons. The first kappa shape index (κ1) is 27.1. The van der Waals surface area contributed by atoms with E-state index in [0.717, 1.165) is 11.1 Å². The fraction of sp³-hybridized carbons (Fsp3) is 0.258. The van der Waals surface area contributed by atoms with Crippen LogP contribution in [0.25, 0.3) is 22.1 Å². The molecule has 5 aromatic rings. The number of aryl methyl sites for hydroxylation is 1. The normalized spacial score (nSPS) is 15.6. The second-order valence-electron chi connectivity index (χ2n) is 11.4. The number of nitrogens with zero attached hydrogens (tertiary/aromatic N) is 6. The van der Waals surface area contributed by atoms with E-state index < -0.39 is 11.9 Å². The number of ether oxygens (including phenoxy) is 1. The summed E-state index contributed by atoms with van der Waals surface area (Å²) in [5, 5.41) is 17.3. The van der Waals surface area contributed by atoms with Crippen LogP contribution in [-0.4, -0.2) is 53.3 Å². The Morgan fingerprint density at radius 3 is 2.69 bits per heavy atom. The van der Waals surface area contributed by atoms with Gasteiger partial charge < -0.3 is 20.1 Å². The maximum absolute atomic E-state index is 16.2. The molecule has 10 nitrogen and oxygen atoms in total. The summed E-state index contributed by atoms with van der Waals surface area (Å²) in [6.45, 7) is 8.11. The summed E-state index contributed by atoms with van der Waals surface area (Å²) in [4.78, 5) is 26.1. The molecule has 0 fully saturated rings. The summed E-state index contributed by atoms with van der Waals surface area (Å²) in [6, 6.07) is 12.4. The van der Waals surface area contributed by atoms with Gasteiger partial charge in [0.2, 0.25) is 0 Å². The zero-order valence-electron chi connectivity index (χ0n) is 23.7. The van der Waals surface area contributed by atoms with E-state index in [1.165, 1.54) is 17.6 Å². The molecule has 1 amide bonds. The van der Waals surface area contributed by atoms with Gasteiger partial charge in [-0.15, -0.1) is 0 Å². The lowest BCUT2D eigenvalue weighted by Crippen LogP contribution is -2.48. The molecular weight excluding hydrogens is 537 g/mol. The molecule has 4 heterocycles. The van der Waals surface area contributed by atoms with Crippen LogP contribution in [0.2, 0.25) is 0 Å².